The second kappa shape index (κ2) is 4.99. The molecule has 7 nitrogen and oxygen atoms in total. The Labute approximate surface area is 116 Å². The van der Waals surface area contributed by atoms with E-state index in [0.717, 1.165) is 0 Å². The van der Waals surface area contributed by atoms with E-state index < -0.39 is 11.4 Å². The van der Waals surface area contributed by atoms with Crippen molar-refractivity contribution in [3.05, 3.63) is 17.8 Å². The van der Waals surface area contributed by atoms with Crippen molar-refractivity contribution in [1.29, 1.82) is 0 Å². The topological polar surface area (TPSA) is 109 Å². The number of hydrogen-bond acceptors (Lipinski definition) is 5. The number of nitrogens with two attached hydrogens (primary N) is 1. The van der Waals surface area contributed by atoms with Gasteiger partial charge in [-0.1, -0.05) is 0 Å². The normalized spacial score (nSPS) is 21.8. The van der Waals surface area contributed by atoms with Crippen LogP contribution in [0.15, 0.2) is 12.1 Å². The Bertz CT molecular complexity index is 561. The SMILES string of the molecule is CNC(=O)C1(C)CCN(c2nc(C(=O)O)ccc2N)C1. The van der Waals surface area contributed by atoms with E-state index in [2.05, 4.69) is 10.3 Å². The Morgan fingerprint density at radius 2 is 2.20 bits per heavy atom. The van der Waals surface area contributed by atoms with Crippen LogP contribution < -0.4 is 16.0 Å². The maximum absolute atomic E-state index is 11.9. The summed E-state index contributed by atoms with van der Waals surface area (Å²) < 4.78 is 0. The van der Waals surface area contributed by atoms with Gasteiger partial charge in [0.05, 0.1) is 11.1 Å². The molecule has 0 saturated carbocycles. The second-order valence-corrected chi connectivity index (χ2v) is 5.23. The Kier molecular flexibility index (Phi) is 3.52. The Hall–Kier alpha value is -2.31. The summed E-state index contributed by atoms with van der Waals surface area (Å²) in [6, 6.07) is 2.90. The molecular weight excluding hydrogens is 260 g/mol. The van der Waals surface area contributed by atoms with Crippen LogP contribution >= 0.6 is 0 Å². The number of nitrogens with one attached hydrogen (secondary N) is 1. The first-order valence-corrected chi connectivity index (χ1v) is 6.34. The largest absolute Gasteiger partial charge is 0.477 e. The predicted molar refractivity (Wildman–Crippen MR) is 74.6 cm³/mol. The van der Waals surface area contributed by atoms with Crippen LogP contribution in [0.3, 0.4) is 0 Å². The van der Waals surface area contributed by atoms with E-state index >= 15 is 0 Å². The van der Waals surface area contributed by atoms with Crippen molar-refractivity contribution in [3.8, 4) is 0 Å². The van der Waals surface area contributed by atoms with Crippen LogP contribution in [0.5, 0.6) is 0 Å². The van der Waals surface area contributed by atoms with E-state index in [9.17, 15) is 9.59 Å². The molecule has 20 heavy (non-hydrogen) atoms. The van der Waals surface area contributed by atoms with Gasteiger partial charge in [-0.2, -0.15) is 0 Å². The first kappa shape index (κ1) is 14.1. The predicted octanol–water partition coefficient (Wildman–Crippen LogP) is 0.324. The lowest BCUT2D eigenvalue weighted by Crippen LogP contribution is -2.39. The van der Waals surface area contributed by atoms with Crippen molar-refractivity contribution in [2.75, 3.05) is 30.8 Å². The molecule has 0 aliphatic carbocycles. The molecule has 1 aliphatic heterocycles. The van der Waals surface area contributed by atoms with Crippen molar-refractivity contribution in [3.63, 3.8) is 0 Å². The molecule has 1 fully saturated rings. The molecule has 0 spiro atoms. The molecule has 4 N–H and O–H groups in total. The van der Waals surface area contributed by atoms with Gasteiger partial charge in [0.25, 0.3) is 0 Å². The standard InChI is InChI=1S/C13H18N4O3/c1-13(12(20)15-2)5-6-17(7-13)10-8(14)3-4-9(16-10)11(18)19/h3-4H,5-7,14H2,1-2H3,(H,15,20)(H,18,19). The van der Waals surface area contributed by atoms with E-state index in [-0.39, 0.29) is 11.6 Å². The molecule has 0 radical (unpaired) electrons. The molecule has 1 aromatic heterocycles. The highest BCUT2D eigenvalue weighted by atomic mass is 16.4. The number of aromatic nitrogens is 1. The summed E-state index contributed by atoms with van der Waals surface area (Å²) in [7, 11) is 1.61. The number of nitrogens with zero attached hydrogens (tertiary/aromatic N) is 2. The van der Waals surface area contributed by atoms with Crippen LogP contribution in [0.4, 0.5) is 11.5 Å². The number of hydrogen-bond donors (Lipinski definition) is 3. The van der Waals surface area contributed by atoms with Crippen LogP contribution in [0, 0.1) is 5.41 Å². The van der Waals surface area contributed by atoms with Gasteiger partial charge in [-0.25, -0.2) is 9.78 Å². The molecule has 7 heteroatoms. The van der Waals surface area contributed by atoms with Crippen molar-refractivity contribution >= 4 is 23.4 Å². The number of rotatable bonds is 3. The van der Waals surface area contributed by atoms with Crippen LogP contribution in [0.1, 0.15) is 23.8 Å². The van der Waals surface area contributed by atoms with Crippen LogP contribution in [-0.4, -0.2) is 42.1 Å². The Balaban J connectivity index is 2.28. The summed E-state index contributed by atoms with van der Waals surface area (Å²) >= 11 is 0. The maximum Gasteiger partial charge on any atom is 0.354 e. The zero-order valence-electron chi connectivity index (χ0n) is 11.5. The van der Waals surface area contributed by atoms with Crippen LogP contribution in [-0.2, 0) is 4.79 Å². The van der Waals surface area contributed by atoms with Crippen molar-refractivity contribution in [1.82, 2.24) is 10.3 Å². The molecule has 1 saturated heterocycles. The highest BCUT2D eigenvalue weighted by Crippen LogP contribution is 2.34. The fourth-order valence-corrected chi connectivity index (χ4v) is 2.46. The van der Waals surface area contributed by atoms with Crippen LogP contribution in [0.25, 0.3) is 0 Å². The number of aromatic carboxylic acids is 1. The number of carboxylic acid groups (broad SMARTS) is 1. The number of carbonyl (C=O) groups excluding carboxylic acids is 1. The molecule has 0 bridgehead atoms. The molecule has 108 valence electrons. The first-order valence-electron chi connectivity index (χ1n) is 6.34. The molecule has 2 rings (SSSR count). The molecule has 2 heterocycles. The fourth-order valence-electron chi connectivity index (χ4n) is 2.46. The van der Waals surface area contributed by atoms with Gasteiger partial charge in [0.1, 0.15) is 0 Å². The lowest BCUT2D eigenvalue weighted by atomic mass is 9.89. The van der Waals surface area contributed by atoms with Gasteiger partial charge in [-0.3, -0.25) is 4.79 Å². The summed E-state index contributed by atoms with van der Waals surface area (Å²) in [5.41, 5.74) is 5.72. The minimum Gasteiger partial charge on any atom is -0.477 e. The summed E-state index contributed by atoms with van der Waals surface area (Å²) in [4.78, 5) is 28.8. The average molecular weight is 278 g/mol. The van der Waals surface area contributed by atoms with E-state index in [0.29, 0.717) is 31.0 Å². The zero-order valence-corrected chi connectivity index (χ0v) is 11.5. The Morgan fingerprint density at radius 1 is 1.50 bits per heavy atom. The lowest BCUT2D eigenvalue weighted by molar-refractivity contribution is -0.128. The van der Waals surface area contributed by atoms with Crippen molar-refractivity contribution in [2.24, 2.45) is 5.41 Å². The molecule has 1 atom stereocenters. The molecule has 1 unspecified atom stereocenters. The third-order valence-corrected chi connectivity index (χ3v) is 3.67. The quantitative estimate of drug-likeness (QED) is 0.735. The van der Waals surface area contributed by atoms with E-state index in [1.54, 1.807) is 7.05 Å². The average Bonchev–Trinajstić information content (AvgIpc) is 2.81. The molecule has 0 aromatic carbocycles. The number of amides is 1. The van der Waals surface area contributed by atoms with Gasteiger partial charge in [-0.05, 0) is 25.5 Å². The minimum absolute atomic E-state index is 0.0343. The fraction of sp³-hybridized carbons (Fsp3) is 0.462. The third kappa shape index (κ3) is 2.38. The maximum atomic E-state index is 11.9. The summed E-state index contributed by atoms with van der Waals surface area (Å²) in [5, 5.41) is 11.6. The van der Waals surface area contributed by atoms with Crippen molar-refractivity contribution < 1.29 is 14.7 Å². The molecule has 1 amide bonds. The van der Waals surface area contributed by atoms with E-state index in [1.165, 1.54) is 12.1 Å². The summed E-state index contributed by atoms with van der Waals surface area (Å²) in [6.45, 7) is 2.96. The number of nitrogen functional groups attached to an aromatic ring is 1. The highest BCUT2D eigenvalue weighted by molar-refractivity contribution is 5.87. The second-order valence-electron chi connectivity index (χ2n) is 5.23. The van der Waals surface area contributed by atoms with Gasteiger partial charge in [-0.15, -0.1) is 0 Å². The highest BCUT2D eigenvalue weighted by Gasteiger charge is 2.40. The zero-order chi connectivity index (χ0) is 14.9. The summed E-state index contributed by atoms with van der Waals surface area (Å²) in [6.07, 6.45) is 0.672. The molecular formula is C13H18N4O3. The van der Waals surface area contributed by atoms with E-state index in [1.807, 2.05) is 11.8 Å². The number of carbonyl (C=O) groups is 2. The monoisotopic (exact) mass is 278 g/mol. The Morgan fingerprint density at radius 3 is 2.80 bits per heavy atom. The smallest absolute Gasteiger partial charge is 0.354 e. The lowest BCUT2D eigenvalue weighted by Gasteiger charge is -2.24. The van der Waals surface area contributed by atoms with Gasteiger partial charge in [0.15, 0.2) is 11.5 Å². The van der Waals surface area contributed by atoms with Crippen LogP contribution in [0.2, 0.25) is 0 Å². The van der Waals surface area contributed by atoms with Gasteiger partial charge >= 0.3 is 5.97 Å². The van der Waals surface area contributed by atoms with E-state index in [4.69, 9.17) is 10.8 Å². The third-order valence-electron chi connectivity index (χ3n) is 3.67. The van der Waals surface area contributed by atoms with Crippen molar-refractivity contribution in [2.45, 2.75) is 13.3 Å². The first-order chi connectivity index (χ1) is 9.37. The van der Waals surface area contributed by atoms with Gasteiger partial charge in [0.2, 0.25) is 5.91 Å². The molecule has 1 aromatic rings. The minimum atomic E-state index is -1.10. The van der Waals surface area contributed by atoms with Gasteiger partial charge in [0, 0.05) is 20.1 Å². The van der Waals surface area contributed by atoms with Gasteiger partial charge < -0.3 is 21.1 Å². The summed E-state index contributed by atoms with van der Waals surface area (Å²) in [5.74, 6) is -0.704. The molecule has 1 aliphatic rings. The number of anilines is 2. The number of pyridine rings is 1. The number of carboxylic acids is 1.